The number of amides is 2. The summed E-state index contributed by atoms with van der Waals surface area (Å²) in [6, 6.07) is 7.03. The Labute approximate surface area is 207 Å². The second kappa shape index (κ2) is 9.57. The van der Waals surface area contributed by atoms with Crippen LogP contribution in [0.15, 0.2) is 24.3 Å². The molecule has 4 bridgehead atoms. The smallest absolute Gasteiger partial charge is 0.329 e. The summed E-state index contributed by atoms with van der Waals surface area (Å²) in [4.78, 5) is 40.8. The van der Waals surface area contributed by atoms with Gasteiger partial charge >= 0.3 is 5.97 Å². The van der Waals surface area contributed by atoms with E-state index in [4.69, 9.17) is 4.74 Å². The highest BCUT2D eigenvalue weighted by Gasteiger charge is 2.57. The van der Waals surface area contributed by atoms with E-state index in [0.29, 0.717) is 17.8 Å². The van der Waals surface area contributed by atoms with Crippen molar-refractivity contribution in [3.63, 3.8) is 0 Å². The number of ether oxygens (including phenoxy) is 1. The van der Waals surface area contributed by atoms with Gasteiger partial charge in [-0.05, 0) is 80.8 Å². The quantitative estimate of drug-likeness (QED) is 0.582. The van der Waals surface area contributed by atoms with Gasteiger partial charge in [0.05, 0.1) is 17.6 Å². The van der Waals surface area contributed by atoms with Crippen LogP contribution in [0.5, 0.6) is 0 Å². The van der Waals surface area contributed by atoms with Crippen molar-refractivity contribution in [1.82, 2.24) is 10.2 Å². The zero-order valence-corrected chi connectivity index (χ0v) is 20.9. The van der Waals surface area contributed by atoms with Gasteiger partial charge in [-0.2, -0.15) is 0 Å². The monoisotopic (exact) mass is 482 g/mol. The molecule has 2 amide bonds. The van der Waals surface area contributed by atoms with E-state index in [1.54, 1.807) is 4.90 Å². The van der Waals surface area contributed by atoms with Crippen LogP contribution in [0.2, 0.25) is 0 Å². The molecule has 1 heterocycles. The molecule has 1 saturated heterocycles. The Morgan fingerprint density at radius 2 is 1.66 bits per heavy atom. The van der Waals surface area contributed by atoms with Gasteiger partial charge in [0.25, 0.3) is 5.91 Å². The van der Waals surface area contributed by atoms with Crippen LogP contribution in [-0.2, 0) is 25.5 Å². The molecule has 1 aromatic carbocycles. The third kappa shape index (κ3) is 4.84. The Balaban J connectivity index is 1.18. The largest absolute Gasteiger partial charge is 0.454 e. The van der Waals surface area contributed by atoms with Crippen LogP contribution in [-0.4, -0.2) is 53.1 Å². The number of aliphatic hydroxyl groups is 1. The molecule has 0 spiro atoms. The molecule has 4 aliphatic carbocycles. The van der Waals surface area contributed by atoms with Crippen LogP contribution in [0, 0.1) is 23.2 Å². The van der Waals surface area contributed by atoms with Crippen molar-refractivity contribution in [3.8, 4) is 0 Å². The van der Waals surface area contributed by atoms with E-state index < -0.39 is 24.7 Å². The lowest BCUT2D eigenvalue weighted by atomic mass is 9.49. The fourth-order valence-corrected chi connectivity index (χ4v) is 7.58. The first-order chi connectivity index (χ1) is 16.8. The summed E-state index contributed by atoms with van der Waals surface area (Å²) >= 11 is 0. The third-order valence-electron chi connectivity index (χ3n) is 8.91. The fraction of sp³-hybridized carbons (Fsp3) is 0.679. The molecule has 5 aliphatic rings. The molecule has 0 radical (unpaired) electrons. The van der Waals surface area contributed by atoms with E-state index in [-0.39, 0.29) is 36.2 Å². The average molecular weight is 483 g/mol. The number of rotatable bonds is 7. The molecule has 1 aliphatic heterocycles. The van der Waals surface area contributed by atoms with E-state index in [1.807, 2.05) is 31.2 Å². The molecular formula is C28H38N2O5. The van der Waals surface area contributed by atoms with Crippen LogP contribution >= 0.6 is 0 Å². The maximum Gasteiger partial charge on any atom is 0.329 e. The minimum Gasteiger partial charge on any atom is -0.454 e. The van der Waals surface area contributed by atoms with Crippen LogP contribution in [0.1, 0.15) is 76.0 Å². The summed E-state index contributed by atoms with van der Waals surface area (Å²) in [5, 5.41) is 13.2. The Kier molecular flexibility index (Phi) is 6.64. The van der Waals surface area contributed by atoms with Gasteiger partial charge in [-0.1, -0.05) is 31.2 Å². The summed E-state index contributed by atoms with van der Waals surface area (Å²) in [6.45, 7) is 3.75. The molecule has 7 heteroatoms. The number of nitrogens with one attached hydrogen (secondary N) is 1. The first kappa shape index (κ1) is 24.3. The van der Waals surface area contributed by atoms with Gasteiger partial charge in [0, 0.05) is 13.0 Å². The molecular weight excluding hydrogens is 444 g/mol. The topological polar surface area (TPSA) is 95.9 Å². The Hall–Kier alpha value is -2.41. The number of aliphatic hydroxyl groups excluding tert-OH is 1. The molecule has 6 rings (SSSR count). The van der Waals surface area contributed by atoms with Gasteiger partial charge < -0.3 is 20.1 Å². The number of β-amino-alcohol motifs (C(OH)–C–C–N with tert-alkyl or cyclic N) is 1. The lowest BCUT2D eigenvalue weighted by Gasteiger charge is -2.56. The minimum absolute atomic E-state index is 0.0173. The van der Waals surface area contributed by atoms with Crippen molar-refractivity contribution in [3.05, 3.63) is 35.4 Å². The van der Waals surface area contributed by atoms with Crippen molar-refractivity contribution in [1.29, 1.82) is 0 Å². The van der Waals surface area contributed by atoms with Gasteiger partial charge in [0.1, 0.15) is 6.04 Å². The van der Waals surface area contributed by atoms with Crippen LogP contribution in [0.3, 0.4) is 0 Å². The van der Waals surface area contributed by atoms with Crippen molar-refractivity contribution < 1.29 is 24.2 Å². The summed E-state index contributed by atoms with van der Waals surface area (Å²) < 4.78 is 5.35. The molecule has 4 saturated carbocycles. The molecule has 1 aromatic rings. The number of aryl methyl sites for hydroxylation is 1. The minimum atomic E-state index is -0.822. The summed E-state index contributed by atoms with van der Waals surface area (Å²) in [7, 11) is 0. The van der Waals surface area contributed by atoms with Gasteiger partial charge in [-0.3, -0.25) is 9.59 Å². The fourth-order valence-electron chi connectivity index (χ4n) is 7.58. The van der Waals surface area contributed by atoms with E-state index in [2.05, 4.69) is 12.2 Å². The van der Waals surface area contributed by atoms with E-state index in [1.165, 1.54) is 24.8 Å². The first-order valence-electron chi connectivity index (χ1n) is 13.3. The second-order valence-corrected chi connectivity index (χ2v) is 11.6. The standard InChI is InChI=1S/C28H38N2O5/c1-3-18-4-6-22(7-5-18)17(2)29-25(32)16-35-26(33)24-11-23(31)15-30(24)27(34)28-12-19-8-20(13-28)10-21(9-19)14-28/h4-7,17,19-21,23-24,31H,3,8-16H2,1-2H3,(H,29,32)/t17?,19?,20?,21?,23?,24-,28?/m0/s1. The van der Waals surface area contributed by atoms with Crippen LogP contribution in [0.4, 0.5) is 0 Å². The second-order valence-electron chi connectivity index (χ2n) is 11.6. The maximum absolute atomic E-state index is 13.8. The molecule has 7 nitrogen and oxygen atoms in total. The molecule has 190 valence electrons. The summed E-state index contributed by atoms with van der Waals surface area (Å²) in [5.41, 5.74) is 1.83. The molecule has 35 heavy (non-hydrogen) atoms. The maximum atomic E-state index is 13.8. The zero-order chi connectivity index (χ0) is 24.7. The number of hydrogen-bond acceptors (Lipinski definition) is 5. The third-order valence-corrected chi connectivity index (χ3v) is 8.91. The number of nitrogens with zero attached hydrogens (tertiary/aromatic N) is 1. The number of likely N-dealkylation sites (tertiary alicyclic amines) is 1. The van der Waals surface area contributed by atoms with Crippen molar-refractivity contribution in [2.45, 2.75) is 83.4 Å². The molecule has 5 fully saturated rings. The summed E-state index contributed by atoms with van der Waals surface area (Å²) in [6.07, 6.45) is 6.80. The number of carbonyl (C=O) groups is 3. The lowest BCUT2D eigenvalue weighted by Crippen LogP contribution is -2.56. The average Bonchev–Trinajstić information content (AvgIpc) is 3.22. The molecule has 0 aromatic heterocycles. The Morgan fingerprint density at radius 3 is 2.23 bits per heavy atom. The van der Waals surface area contributed by atoms with E-state index in [9.17, 15) is 19.5 Å². The predicted octanol–water partition coefficient (Wildman–Crippen LogP) is 3.15. The first-order valence-corrected chi connectivity index (χ1v) is 13.3. The number of hydrogen-bond donors (Lipinski definition) is 2. The predicted molar refractivity (Wildman–Crippen MR) is 130 cm³/mol. The number of benzene rings is 1. The van der Waals surface area contributed by atoms with Gasteiger partial charge in [-0.15, -0.1) is 0 Å². The SMILES string of the molecule is CCc1ccc(C(C)NC(=O)COC(=O)[C@@H]2CC(O)CN2C(=O)C23CC4CC(CC(C4)C2)C3)cc1. The van der Waals surface area contributed by atoms with E-state index >= 15 is 0 Å². The van der Waals surface area contributed by atoms with Crippen molar-refractivity contribution >= 4 is 17.8 Å². The highest BCUT2D eigenvalue weighted by Crippen LogP contribution is 2.60. The highest BCUT2D eigenvalue weighted by molar-refractivity contribution is 5.90. The van der Waals surface area contributed by atoms with Crippen molar-refractivity contribution in [2.75, 3.05) is 13.2 Å². The molecule has 2 unspecified atom stereocenters. The number of carbonyl (C=O) groups excluding carboxylic acids is 3. The van der Waals surface area contributed by atoms with Gasteiger partial charge in [-0.25, -0.2) is 4.79 Å². The normalized spacial score (nSPS) is 34.0. The Bertz CT molecular complexity index is 939. The highest BCUT2D eigenvalue weighted by atomic mass is 16.5. The van der Waals surface area contributed by atoms with Crippen molar-refractivity contribution in [2.24, 2.45) is 23.2 Å². The van der Waals surface area contributed by atoms with E-state index in [0.717, 1.165) is 31.2 Å². The Morgan fingerprint density at radius 1 is 1.06 bits per heavy atom. The van der Waals surface area contributed by atoms with Gasteiger partial charge in [0.2, 0.25) is 5.91 Å². The molecule has 3 atom stereocenters. The molecule has 2 N–H and O–H groups in total. The van der Waals surface area contributed by atoms with Crippen LogP contribution in [0.25, 0.3) is 0 Å². The van der Waals surface area contributed by atoms with Crippen LogP contribution < -0.4 is 5.32 Å². The lowest BCUT2D eigenvalue weighted by molar-refractivity contribution is -0.166. The summed E-state index contributed by atoms with van der Waals surface area (Å²) in [5.74, 6) is 0.882. The van der Waals surface area contributed by atoms with Gasteiger partial charge in [0.15, 0.2) is 6.61 Å². The zero-order valence-electron chi connectivity index (χ0n) is 20.9. The number of esters is 1.